The Bertz CT molecular complexity index is 637. The Morgan fingerprint density at radius 1 is 0.931 bits per heavy atom. The maximum absolute atomic E-state index is 10.3. The van der Waals surface area contributed by atoms with Crippen LogP contribution in [0.1, 0.15) is 79.1 Å². The predicted molar refractivity (Wildman–Crippen MR) is 112 cm³/mol. The summed E-state index contributed by atoms with van der Waals surface area (Å²) in [5.41, 5.74) is 0.435. The summed E-state index contributed by atoms with van der Waals surface area (Å²) in [5, 5.41) is 10.3. The summed E-state index contributed by atoms with van der Waals surface area (Å²) >= 11 is 0. The van der Waals surface area contributed by atoms with Gasteiger partial charge >= 0.3 is 0 Å². The van der Waals surface area contributed by atoms with Crippen LogP contribution in [-0.4, -0.2) is 43.4 Å². The molecule has 5 fully saturated rings. The molecule has 8 atom stereocenters. The van der Waals surface area contributed by atoms with Gasteiger partial charge < -0.3 is 19.3 Å². The van der Waals surface area contributed by atoms with Crippen molar-refractivity contribution in [1.82, 2.24) is 0 Å². The highest BCUT2D eigenvalue weighted by Gasteiger charge is 2.69. The van der Waals surface area contributed by atoms with E-state index in [1.807, 2.05) is 7.11 Å². The van der Waals surface area contributed by atoms with Crippen LogP contribution in [0.5, 0.6) is 0 Å². The fourth-order valence-electron chi connectivity index (χ4n) is 8.68. The van der Waals surface area contributed by atoms with Crippen molar-refractivity contribution < 1.29 is 19.3 Å². The summed E-state index contributed by atoms with van der Waals surface area (Å²) in [5.74, 6) is 2.18. The van der Waals surface area contributed by atoms with Crippen molar-refractivity contribution in [2.75, 3.05) is 20.3 Å². The predicted octanol–water partition coefficient (Wildman–Crippen LogP) is 4.78. The average Bonchev–Trinajstić information content (AvgIpc) is 2.96. The van der Waals surface area contributed by atoms with E-state index < -0.39 is 5.79 Å². The van der Waals surface area contributed by atoms with Gasteiger partial charge in [-0.25, -0.2) is 0 Å². The fourth-order valence-corrected chi connectivity index (χ4v) is 8.68. The minimum atomic E-state index is -0.421. The van der Waals surface area contributed by atoms with Crippen LogP contribution in [0, 0.1) is 39.9 Å². The molecule has 1 N–H and O–H groups in total. The van der Waals surface area contributed by atoms with Crippen LogP contribution in [0.3, 0.4) is 0 Å². The molecule has 1 aliphatic heterocycles. The van der Waals surface area contributed by atoms with E-state index in [9.17, 15) is 5.11 Å². The molecule has 4 saturated carbocycles. The van der Waals surface area contributed by atoms with Crippen LogP contribution in [0.25, 0.3) is 0 Å². The zero-order valence-electron chi connectivity index (χ0n) is 19.2. The van der Waals surface area contributed by atoms with Crippen LogP contribution in [-0.2, 0) is 14.2 Å². The first-order valence-electron chi connectivity index (χ1n) is 12.1. The third-order valence-electron chi connectivity index (χ3n) is 10.3. The third-order valence-corrected chi connectivity index (χ3v) is 10.3. The lowest BCUT2D eigenvalue weighted by Crippen LogP contribution is -2.64. The van der Waals surface area contributed by atoms with Gasteiger partial charge in [0.2, 0.25) is 0 Å². The summed E-state index contributed by atoms with van der Waals surface area (Å²) < 4.78 is 19.5. The minimum absolute atomic E-state index is 0.0305. The Morgan fingerprint density at radius 3 is 2.34 bits per heavy atom. The van der Waals surface area contributed by atoms with Gasteiger partial charge in [0.05, 0.1) is 25.4 Å². The lowest BCUT2D eigenvalue weighted by Gasteiger charge is -2.64. The van der Waals surface area contributed by atoms with Gasteiger partial charge in [0.1, 0.15) is 0 Å². The van der Waals surface area contributed by atoms with Gasteiger partial charge in [-0.1, -0.05) is 27.7 Å². The molecule has 1 saturated heterocycles. The molecule has 0 bridgehead atoms. The number of aliphatic hydroxyl groups is 1. The van der Waals surface area contributed by atoms with Crippen molar-refractivity contribution in [3.8, 4) is 0 Å². The second-order valence-corrected chi connectivity index (χ2v) is 12.4. The van der Waals surface area contributed by atoms with Gasteiger partial charge in [-0.15, -0.1) is 0 Å². The van der Waals surface area contributed by atoms with Crippen molar-refractivity contribution in [3.63, 3.8) is 0 Å². The molecule has 5 aliphatic rings. The molecule has 0 aromatic rings. The van der Waals surface area contributed by atoms with E-state index in [1.54, 1.807) is 0 Å². The molecule has 29 heavy (non-hydrogen) atoms. The molecular formula is C25H42O4. The van der Waals surface area contributed by atoms with E-state index in [0.29, 0.717) is 29.1 Å². The Balaban J connectivity index is 1.47. The summed E-state index contributed by atoms with van der Waals surface area (Å²) in [4.78, 5) is 0. The molecule has 4 heteroatoms. The highest BCUT2D eigenvalue weighted by Crippen LogP contribution is 2.70. The second-order valence-electron chi connectivity index (χ2n) is 12.4. The van der Waals surface area contributed by atoms with Crippen molar-refractivity contribution in [2.45, 2.75) is 97.1 Å². The van der Waals surface area contributed by atoms with Crippen LogP contribution >= 0.6 is 0 Å². The Kier molecular flexibility index (Phi) is 4.77. The SMILES string of the molecule is CO[C@H]1C[C@@]2(C)[C@@H](CCC23OCC(C)(C)CO3)[C@@H]2CC[C@H]3CC(O)CC[C@]3(C)[C@H]21. The summed E-state index contributed by atoms with van der Waals surface area (Å²) in [6.45, 7) is 11.0. The molecular weight excluding hydrogens is 364 g/mol. The molecule has 1 unspecified atom stereocenters. The zero-order chi connectivity index (χ0) is 20.7. The second kappa shape index (κ2) is 6.67. The first-order chi connectivity index (χ1) is 13.6. The lowest BCUT2D eigenvalue weighted by molar-refractivity contribution is -0.354. The Labute approximate surface area is 177 Å². The lowest BCUT2D eigenvalue weighted by atomic mass is 9.44. The van der Waals surface area contributed by atoms with Crippen LogP contribution < -0.4 is 0 Å². The maximum Gasteiger partial charge on any atom is 0.173 e. The number of ether oxygens (including phenoxy) is 3. The van der Waals surface area contributed by atoms with Crippen molar-refractivity contribution in [3.05, 3.63) is 0 Å². The number of rotatable bonds is 1. The van der Waals surface area contributed by atoms with Crippen molar-refractivity contribution in [1.29, 1.82) is 0 Å². The van der Waals surface area contributed by atoms with E-state index in [1.165, 1.54) is 19.3 Å². The molecule has 1 spiro atoms. The van der Waals surface area contributed by atoms with Crippen LogP contribution in [0.2, 0.25) is 0 Å². The van der Waals surface area contributed by atoms with Crippen molar-refractivity contribution >= 4 is 0 Å². The number of fused-ring (bicyclic) bond motifs is 6. The first kappa shape index (κ1) is 20.7. The quantitative estimate of drug-likeness (QED) is 0.680. The summed E-state index contributed by atoms with van der Waals surface area (Å²) in [6, 6.07) is 0. The largest absolute Gasteiger partial charge is 0.393 e. The molecule has 5 rings (SSSR count). The Hall–Kier alpha value is -0.160. The average molecular weight is 407 g/mol. The van der Waals surface area contributed by atoms with E-state index in [-0.39, 0.29) is 23.0 Å². The van der Waals surface area contributed by atoms with E-state index in [0.717, 1.165) is 45.3 Å². The van der Waals surface area contributed by atoms with Gasteiger partial charge in [-0.3, -0.25) is 0 Å². The van der Waals surface area contributed by atoms with Gasteiger partial charge in [0, 0.05) is 24.4 Å². The standard InChI is InChI=1S/C25H42O4/c1-22(2)14-28-25(29-15-22)11-9-19-18-7-6-16-12-17(26)8-10-23(16,3)21(18)20(27-5)13-24(19,25)4/h16-21,26H,6-15H2,1-5H3/t16-,17?,18-,19-,20-,21+,23-,24-/m0/s1. The van der Waals surface area contributed by atoms with E-state index in [2.05, 4.69) is 27.7 Å². The number of hydrogen-bond acceptors (Lipinski definition) is 4. The zero-order valence-corrected chi connectivity index (χ0v) is 19.2. The van der Waals surface area contributed by atoms with E-state index in [4.69, 9.17) is 14.2 Å². The summed E-state index contributed by atoms with van der Waals surface area (Å²) in [6.07, 6.45) is 9.10. The molecule has 4 nitrogen and oxygen atoms in total. The van der Waals surface area contributed by atoms with Gasteiger partial charge in [0.25, 0.3) is 0 Å². The molecule has 4 aliphatic carbocycles. The third kappa shape index (κ3) is 2.84. The van der Waals surface area contributed by atoms with Crippen LogP contribution in [0.4, 0.5) is 0 Å². The maximum atomic E-state index is 10.3. The molecule has 0 amide bonds. The topological polar surface area (TPSA) is 47.9 Å². The minimum Gasteiger partial charge on any atom is -0.393 e. The highest BCUT2D eigenvalue weighted by atomic mass is 16.7. The van der Waals surface area contributed by atoms with E-state index >= 15 is 0 Å². The monoisotopic (exact) mass is 406 g/mol. The highest BCUT2D eigenvalue weighted by molar-refractivity contribution is 5.15. The Morgan fingerprint density at radius 2 is 1.66 bits per heavy atom. The first-order valence-corrected chi connectivity index (χ1v) is 12.1. The molecule has 1 heterocycles. The molecule has 0 aromatic carbocycles. The summed E-state index contributed by atoms with van der Waals surface area (Å²) in [7, 11) is 1.92. The number of hydrogen-bond donors (Lipinski definition) is 1. The smallest absolute Gasteiger partial charge is 0.173 e. The molecule has 0 aromatic heterocycles. The van der Waals surface area contributed by atoms with Gasteiger partial charge in [-0.05, 0) is 74.0 Å². The fraction of sp³-hybridized carbons (Fsp3) is 1.00. The number of aliphatic hydroxyl groups excluding tert-OH is 1. The molecule has 0 radical (unpaired) electrons. The van der Waals surface area contributed by atoms with Crippen molar-refractivity contribution in [2.24, 2.45) is 39.9 Å². The van der Waals surface area contributed by atoms with Crippen LogP contribution in [0.15, 0.2) is 0 Å². The van der Waals surface area contributed by atoms with Gasteiger partial charge in [0.15, 0.2) is 5.79 Å². The number of methoxy groups -OCH3 is 1. The van der Waals surface area contributed by atoms with Gasteiger partial charge in [-0.2, -0.15) is 0 Å². The molecule has 166 valence electrons. The normalized spacial score (nSPS) is 53.2.